The average Bonchev–Trinajstić information content (AvgIpc) is 2.38. The lowest BCUT2D eigenvalue weighted by Gasteiger charge is -2.36. The van der Waals surface area contributed by atoms with E-state index in [1.54, 1.807) is 0 Å². The summed E-state index contributed by atoms with van der Waals surface area (Å²) in [4.78, 5) is 4.72. The molecule has 0 aromatic heterocycles. The highest BCUT2D eigenvalue weighted by atomic mass is 16.5. The van der Waals surface area contributed by atoms with Crippen LogP contribution in [0, 0.1) is 0 Å². The zero-order valence-electron chi connectivity index (χ0n) is 12.2. The molecule has 1 aromatic carbocycles. The van der Waals surface area contributed by atoms with E-state index < -0.39 is 0 Å². The maximum absolute atomic E-state index is 5.96. The third kappa shape index (κ3) is 3.53. The summed E-state index contributed by atoms with van der Waals surface area (Å²) in [6, 6.07) is 6.72. The lowest BCUT2D eigenvalue weighted by Crippen LogP contribution is -2.42. The molecule has 1 aromatic rings. The summed E-state index contributed by atoms with van der Waals surface area (Å²) in [6.07, 6.45) is 2.40. The summed E-state index contributed by atoms with van der Waals surface area (Å²) in [6.45, 7) is 4.83. The van der Waals surface area contributed by atoms with Crippen molar-refractivity contribution in [3.05, 3.63) is 18.2 Å². The van der Waals surface area contributed by atoms with E-state index in [1.807, 2.05) is 19.1 Å². The maximum Gasteiger partial charge on any atom is 0.123 e. The Kier molecular flexibility index (Phi) is 4.53. The fraction of sp³-hybridized carbons (Fsp3) is 0.600. The number of nitrogens with two attached hydrogens (primary N) is 1. The van der Waals surface area contributed by atoms with Crippen LogP contribution in [0.4, 0.5) is 11.4 Å². The summed E-state index contributed by atoms with van der Waals surface area (Å²) in [7, 11) is 4.32. The van der Waals surface area contributed by atoms with Gasteiger partial charge in [0, 0.05) is 42.6 Å². The minimum absolute atomic E-state index is 0.672. The second-order valence-electron chi connectivity index (χ2n) is 5.38. The van der Waals surface area contributed by atoms with Gasteiger partial charge in [0.1, 0.15) is 5.75 Å². The number of nitrogen functional groups attached to an aromatic ring is 1. The smallest absolute Gasteiger partial charge is 0.123 e. The lowest BCUT2D eigenvalue weighted by atomic mass is 10.0. The van der Waals surface area contributed by atoms with Gasteiger partial charge in [-0.05, 0) is 39.9 Å². The third-order valence-corrected chi connectivity index (χ3v) is 3.78. The number of piperidine rings is 1. The van der Waals surface area contributed by atoms with Crippen molar-refractivity contribution in [3.8, 4) is 5.75 Å². The molecule has 1 aliphatic heterocycles. The Labute approximate surface area is 116 Å². The monoisotopic (exact) mass is 263 g/mol. The second-order valence-corrected chi connectivity index (χ2v) is 5.38. The van der Waals surface area contributed by atoms with Crippen LogP contribution in [0.2, 0.25) is 0 Å². The number of anilines is 2. The molecule has 0 spiro atoms. The van der Waals surface area contributed by atoms with Gasteiger partial charge in [-0.2, -0.15) is 0 Å². The van der Waals surface area contributed by atoms with E-state index in [0.717, 1.165) is 24.5 Å². The topological polar surface area (TPSA) is 41.7 Å². The highest BCUT2D eigenvalue weighted by Crippen LogP contribution is 2.28. The van der Waals surface area contributed by atoms with Crippen LogP contribution in [0.25, 0.3) is 0 Å². The fourth-order valence-corrected chi connectivity index (χ4v) is 2.68. The zero-order valence-corrected chi connectivity index (χ0v) is 12.2. The highest BCUT2D eigenvalue weighted by Gasteiger charge is 2.21. The molecule has 1 saturated heterocycles. The summed E-state index contributed by atoms with van der Waals surface area (Å²) < 4.78 is 5.56. The van der Waals surface area contributed by atoms with Crippen LogP contribution in [0.1, 0.15) is 19.8 Å². The number of hydrogen-bond acceptors (Lipinski definition) is 4. The molecule has 0 bridgehead atoms. The minimum atomic E-state index is 0.672. The number of nitrogens with zero attached hydrogens (tertiary/aromatic N) is 2. The van der Waals surface area contributed by atoms with Gasteiger partial charge >= 0.3 is 0 Å². The summed E-state index contributed by atoms with van der Waals surface area (Å²) >= 11 is 0. The van der Waals surface area contributed by atoms with Gasteiger partial charge in [0.15, 0.2) is 0 Å². The van der Waals surface area contributed by atoms with E-state index in [9.17, 15) is 0 Å². The molecular weight excluding hydrogens is 238 g/mol. The van der Waals surface area contributed by atoms with Crippen LogP contribution < -0.4 is 15.4 Å². The maximum atomic E-state index is 5.96. The van der Waals surface area contributed by atoms with Crippen molar-refractivity contribution in [2.75, 3.05) is 44.4 Å². The van der Waals surface area contributed by atoms with Crippen LogP contribution in [0.15, 0.2) is 18.2 Å². The molecule has 0 aliphatic carbocycles. The molecule has 2 rings (SSSR count). The van der Waals surface area contributed by atoms with Crippen LogP contribution in [-0.2, 0) is 0 Å². The summed E-state index contributed by atoms with van der Waals surface area (Å²) in [5, 5.41) is 0. The van der Waals surface area contributed by atoms with E-state index in [1.165, 1.54) is 18.5 Å². The van der Waals surface area contributed by atoms with Crippen LogP contribution in [0.3, 0.4) is 0 Å². The first-order valence-electron chi connectivity index (χ1n) is 7.05. The third-order valence-electron chi connectivity index (χ3n) is 3.78. The second kappa shape index (κ2) is 6.15. The van der Waals surface area contributed by atoms with E-state index in [-0.39, 0.29) is 0 Å². The Morgan fingerprint density at radius 3 is 2.53 bits per heavy atom. The van der Waals surface area contributed by atoms with Crippen LogP contribution in [-0.4, -0.2) is 44.7 Å². The molecule has 1 aliphatic rings. The molecule has 1 heterocycles. The Hall–Kier alpha value is -1.42. The molecule has 0 atom stereocenters. The first kappa shape index (κ1) is 14.0. The predicted molar refractivity (Wildman–Crippen MR) is 80.9 cm³/mol. The Bertz CT molecular complexity index is 412. The zero-order chi connectivity index (χ0) is 13.8. The molecule has 0 saturated carbocycles. The molecular formula is C15H25N3O. The standard InChI is InChI=1S/C15H25N3O/c1-4-19-15-10-12(16)9-14(11-15)18-7-5-13(6-8-18)17(2)3/h9-11,13H,4-8,16H2,1-3H3. The van der Waals surface area contributed by atoms with Gasteiger partial charge in [-0.15, -0.1) is 0 Å². The number of benzene rings is 1. The number of hydrogen-bond donors (Lipinski definition) is 1. The first-order valence-corrected chi connectivity index (χ1v) is 7.05. The predicted octanol–water partition coefficient (Wildman–Crippen LogP) is 2.20. The molecule has 0 amide bonds. The van der Waals surface area contributed by atoms with E-state index in [2.05, 4.69) is 30.0 Å². The molecule has 0 radical (unpaired) electrons. The molecule has 1 fully saturated rings. The van der Waals surface area contributed by atoms with Gasteiger partial charge in [-0.1, -0.05) is 0 Å². The van der Waals surface area contributed by atoms with Gasteiger partial charge < -0.3 is 20.3 Å². The largest absolute Gasteiger partial charge is 0.494 e. The van der Waals surface area contributed by atoms with Gasteiger partial charge in [-0.25, -0.2) is 0 Å². The number of rotatable bonds is 4. The molecule has 2 N–H and O–H groups in total. The van der Waals surface area contributed by atoms with Crippen LogP contribution in [0.5, 0.6) is 5.75 Å². The normalized spacial score (nSPS) is 16.9. The molecule has 106 valence electrons. The molecule has 4 nitrogen and oxygen atoms in total. The summed E-state index contributed by atoms with van der Waals surface area (Å²) in [5.74, 6) is 0.868. The minimum Gasteiger partial charge on any atom is -0.494 e. The van der Waals surface area contributed by atoms with E-state index >= 15 is 0 Å². The molecule has 4 heteroatoms. The van der Waals surface area contributed by atoms with Gasteiger partial charge in [0.05, 0.1) is 6.61 Å². The highest BCUT2D eigenvalue weighted by molar-refractivity contribution is 5.60. The van der Waals surface area contributed by atoms with E-state index in [0.29, 0.717) is 12.6 Å². The van der Waals surface area contributed by atoms with Crippen molar-refractivity contribution in [2.24, 2.45) is 0 Å². The average molecular weight is 263 g/mol. The van der Waals surface area contributed by atoms with Gasteiger partial charge in [-0.3, -0.25) is 0 Å². The van der Waals surface area contributed by atoms with Crippen molar-refractivity contribution >= 4 is 11.4 Å². The first-order chi connectivity index (χ1) is 9.10. The molecule has 0 unspecified atom stereocenters. The van der Waals surface area contributed by atoms with Gasteiger partial charge in [0.2, 0.25) is 0 Å². The molecule has 19 heavy (non-hydrogen) atoms. The summed E-state index contributed by atoms with van der Waals surface area (Å²) in [5.41, 5.74) is 7.91. The van der Waals surface area contributed by atoms with Gasteiger partial charge in [0.25, 0.3) is 0 Å². The van der Waals surface area contributed by atoms with Crippen molar-refractivity contribution in [3.63, 3.8) is 0 Å². The Balaban J connectivity index is 2.06. The van der Waals surface area contributed by atoms with Crippen LogP contribution >= 0.6 is 0 Å². The number of ether oxygens (including phenoxy) is 1. The lowest BCUT2D eigenvalue weighted by molar-refractivity contribution is 0.249. The van der Waals surface area contributed by atoms with Crippen molar-refractivity contribution in [1.29, 1.82) is 0 Å². The Morgan fingerprint density at radius 1 is 1.26 bits per heavy atom. The SMILES string of the molecule is CCOc1cc(N)cc(N2CCC(N(C)C)CC2)c1. The van der Waals surface area contributed by atoms with Crippen molar-refractivity contribution in [1.82, 2.24) is 4.90 Å². The fourth-order valence-electron chi connectivity index (χ4n) is 2.68. The van der Waals surface area contributed by atoms with E-state index in [4.69, 9.17) is 10.5 Å². The Morgan fingerprint density at radius 2 is 1.95 bits per heavy atom. The quantitative estimate of drug-likeness (QED) is 0.846. The van der Waals surface area contributed by atoms with Crippen molar-refractivity contribution in [2.45, 2.75) is 25.8 Å². The van der Waals surface area contributed by atoms with Crippen molar-refractivity contribution < 1.29 is 4.74 Å².